The first-order valence-corrected chi connectivity index (χ1v) is 8.99. The normalized spacial score (nSPS) is 13.4. The summed E-state index contributed by atoms with van der Waals surface area (Å²) in [6.07, 6.45) is -0.901. The van der Waals surface area contributed by atoms with Crippen LogP contribution in [0.3, 0.4) is 0 Å². The van der Waals surface area contributed by atoms with Crippen LogP contribution in [0.15, 0.2) is 24.3 Å². The van der Waals surface area contributed by atoms with Crippen LogP contribution in [0.4, 0.5) is 0 Å². The summed E-state index contributed by atoms with van der Waals surface area (Å²) in [5.41, 5.74) is 5.82. The number of carbonyl (C=O) groups is 5. The van der Waals surface area contributed by atoms with Crippen molar-refractivity contribution in [3.8, 4) is 5.75 Å². The van der Waals surface area contributed by atoms with Crippen LogP contribution in [0.2, 0.25) is 0 Å². The molecule has 1 aromatic rings. The minimum atomic E-state index is -1.57. The minimum Gasteiger partial charge on any atom is -0.508 e. The van der Waals surface area contributed by atoms with E-state index in [9.17, 15) is 34.2 Å². The number of carboxylic acids is 2. The number of phenolic OH excluding ortho intramolecular Hbond substituents is 1. The maximum absolute atomic E-state index is 12.2. The Balaban J connectivity index is 2.67. The number of nitrogens with one attached hydrogen (secondary N) is 3. The van der Waals surface area contributed by atoms with Gasteiger partial charge < -0.3 is 42.1 Å². The van der Waals surface area contributed by atoms with E-state index in [1.165, 1.54) is 24.3 Å². The molecule has 0 spiro atoms. The number of carboxylic acid groups (broad SMARTS) is 2. The molecule has 0 saturated carbocycles. The molecule has 0 heterocycles. The summed E-state index contributed by atoms with van der Waals surface area (Å²) < 4.78 is 0. The zero-order chi connectivity index (χ0) is 23.6. The summed E-state index contributed by atoms with van der Waals surface area (Å²) in [6.45, 7) is -1.41. The van der Waals surface area contributed by atoms with Gasteiger partial charge in [0.15, 0.2) is 0 Å². The largest absolute Gasteiger partial charge is 0.508 e. The van der Waals surface area contributed by atoms with Crippen LogP contribution in [0, 0.1) is 0 Å². The molecule has 1 aromatic carbocycles. The highest BCUT2D eigenvalue weighted by molar-refractivity contribution is 5.94. The van der Waals surface area contributed by atoms with Gasteiger partial charge in [-0.05, 0) is 17.7 Å². The van der Waals surface area contributed by atoms with Gasteiger partial charge in [0.05, 0.1) is 19.6 Å². The van der Waals surface area contributed by atoms with Gasteiger partial charge in [-0.25, -0.2) is 4.79 Å². The molecule has 1 rings (SSSR count). The number of amides is 3. The number of phenols is 1. The van der Waals surface area contributed by atoms with Crippen molar-refractivity contribution >= 4 is 29.7 Å². The van der Waals surface area contributed by atoms with Gasteiger partial charge in [-0.15, -0.1) is 0 Å². The van der Waals surface area contributed by atoms with Crippen LogP contribution in [0.25, 0.3) is 0 Å². The van der Waals surface area contributed by atoms with Crippen molar-refractivity contribution in [3.05, 3.63) is 29.8 Å². The molecule has 0 aromatic heterocycles. The molecule has 0 saturated heterocycles. The maximum atomic E-state index is 12.2. The van der Waals surface area contributed by atoms with Gasteiger partial charge in [0.1, 0.15) is 23.9 Å². The van der Waals surface area contributed by atoms with E-state index in [1.54, 1.807) is 0 Å². The van der Waals surface area contributed by atoms with Gasteiger partial charge >= 0.3 is 11.9 Å². The van der Waals surface area contributed by atoms with Gasteiger partial charge in [-0.1, -0.05) is 12.1 Å². The second kappa shape index (κ2) is 12.1. The standard InChI is InChI=1S/C18H24N4O9/c19-11(8-23)16(28)22-12(6-15(26)27)17(29)20-7-14(25)21-13(18(30)31)5-9-1-3-10(24)4-2-9/h1-4,11-13,23-24H,5-8,19H2,(H,20,29)(H,21,25)(H,22,28)(H,26,27)(H,30,31). The SMILES string of the molecule is NC(CO)C(=O)NC(CC(=O)O)C(=O)NCC(=O)NC(Cc1ccc(O)cc1)C(=O)O. The van der Waals surface area contributed by atoms with Gasteiger partial charge in [0.25, 0.3) is 0 Å². The van der Waals surface area contributed by atoms with Crippen molar-refractivity contribution in [2.24, 2.45) is 5.73 Å². The number of aliphatic hydroxyl groups excluding tert-OH is 1. The summed E-state index contributed by atoms with van der Waals surface area (Å²) in [7, 11) is 0. The molecule has 3 amide bonds. The number of nitrogens with two attached hydrogens (primary N) is 1. The summed E-state index contributed by atoms with van der Waals surface area (Å²) in [5.74, 6) is -5.60. The second-order valence-electron chi connectivity index (χ2n) is 6.49. The predicted molar refractivity (Wildman–Crippen MR) is 104 cm³/mol. The van der Waals surface area contributed by atoms with Crippen molar-refractivity contribution in [1.82, 2.24) is 16.0 Å². The average Bonchev–Trinajstić information content (AvgIpc) is 2.71. The lowest BCUT2D eigenvalue weighted by Gasteiger charge is -2.19. The third-order valence-corrected chi connectivity index (χ3v) is 3.98. The molecule has 0 fully saturated rings. The van der Waals surface area contributed by atoms with E-state index in [4.69, 9.17) is 15.9 Å². The molecule has 170 valence electrons. The molecule has 0 radical (unpaired) electrons. The molecule has 13 nitrogen and oxygen atoms in total. The Morgan fingerprint density at radius 1 is 0.935 bits per heavy atom. The van der Waals surface area contributed by atoms with Crippen LogP contribution in [0.1, 0.15) is 12.0 Å². The third kappa shape index (κ3) is 9.10. The van der Waals surface area contributed by atoms with Crippen molar-refractivity contribution in [2.75, 3.05) is 13.2 Å². The Hall–Kier alpha value is -3.71. The highest BCUT2D eigenvalue weighted by Crippen LogP contribution is 2.11. The van der Waals surface area contributed by atoms with Crippen molar-refractivity contribution in [2.45, 2.75) is 31.0 Å². The molecule has 3 unspecified atom stereocenters. The van der Waals surface area contributed by atoms with Crippen LogP contribution < -0.4 is 21.7 Å². The summed E-state index contributed by atoms with van der Waals surface area (Å²) >= 11 is 0. The summed E-state index contributed by atoms with van der Waals surface area (Å²) in [6, 6.07) is 1.41. The molecule has 31 heavy (non-hydrogen) atoms. The highest BCUT2D eigenvalue weighted by atomic mass is 16.4. The lowest BCUT2D eigenvalue weighted by atomic mass is 10.1. The number of hydrogen-bond donors (Lipinski definition) is 8. The molecule has 0 aliphatic heterocycles. The Morgan fingerprint density at radius 3 is 2.06 bits per heavy atom. The minimum absolute atomic E-state index is 0.00896. The molecule has 0 aliphatic carbocycles. The van der Waals surface area contributed by atoms with Crippen molar-refractivity contribution in [3.63, 3.8) is 0 Å². The second-order valence-corrected chi connectivity index (χ2v) is 6.49. The predicted octanol–water partition coefficient (Wildman–Crippen LogP) is -3.10. The van der Waals surface area contributed by atoms with Gasteiger partial charge in [-0.2, -0.15) is 0 Å². The van der Waals surface area contributed by atoms with Gasteiger partial charge in [-0.3, -0.25) is 19.2 Å². The topological polar surface area (TPSA) is 228 Å². The fourth-order valence-corrected chi connectivity index (χ4v) is 2.35. The van der Waals surface area contributed by atoms with Crippen LogP contribution in [0.5, 0.6) is 5.75 Å². The van der Waals surface area contributed by atoms with E-state index in [0.717, 1.165) is 0 Å². The first kappa shape index (κ1) is 25.3. The fraction of sp³-hybridized carbons (Fsp3) is 0.389. The number of aromatic hydroxyl groups is 1. The summed E-state index contributed by atoms with van der Waals surface area (Å²) in [4.78, 5) is 58.2. The first-order valence-electron chi connectivity index (χ1n) is 8.99. The lowest BCUT2D eigenvalue weighted by molar-refractivity contribution is -0.142. The van der Waals surface area contributed by atoms with E-state index in [2.05, 4.69) is 16.0 Å². The van der Waals surface area contributed by atoms with E-state index >= 15 is 0 Å². The Morgan fingerprint density at radius 2 is 1.55 bits per heavy atom. The fourth-order valence-electron chi connectivity index (χ4n) is 2.35. The number of rotatable bonds is 12. The smallest absolute Gasteiger partial charge is 0.326 e. The quantitative estimate of drug-likeness (QED) is 0.163. The number of aliphatic hydroxyl groups is 1. The maximum Gasteiger partial charge on any atom is 0.326 e. The zero-order valence-electron chi connectivity index (χ0n) is 16.3. The van der Waals surface area contributed by atoms with E-state index in [0.29, 0.717) is 5.56 Å². The Kier molecular flexibility index (Phi) is 9.88. The molecule has 13 heteroatoms. The number of benzene rings is 1. The third-order valence-electron chi connectivity index (χ3n) is 3.98. The number of aliphatic carboxylic acids is 2. The van der Waals surface area contributed by atoms with Crippen molar-refractivity contribution < 1.29 is 44.4 Å². The molecular weight excluding hydrogens is 416 g/mol. The number of hydrogen-bond acceptors (Lipinski definition) is 8. The highest BCUT2D eigenvalue weighted by Gasteiger charge is 2.27. The van der Waals surface area contributed by atoms with Gasteiger partial charge in [0, 0.05) is 6.42 Å². The van der Waals surface area contributed by atoms with Crippen LogP contribution >= 0.6 is 0 Å². The van der Waals surface area contributed by atoms with Gasteiger partial charge in [0.2, 0.25) is 17.7 Å². The monoisotopic (exact) mass is 440 g/mol. The average molecular weight is 440 g/mol. The molecule has 0 bridgehead atoms. The Bertz CT molecular complexity index is 813. The van der Waals surface area contributed by atoms with E-state index in [1.807, 2.05) is 0 Å². The van der Waals surface area contributed by atoms with Crippen molar-refractivity contribution in [1.29, 1.82) is 0 Å². The van der Waals surface area contributed by atoms with Crippen LogP contribution in [-0.2, 0) is 30.4 Å². The Labute approximate surface area is 176 Å². The number of carbonyl (C=O) groups excluding carboxylic acids is 3. The van der Waals surface area contributed by atoms with Crippen LogP contribution in [-0.4, -0.2) is 81.4 Å². The zero-order valence-corrected chi connectivity index (χ0v) is 16.3. The molecule has 3 atom stereocenters. The molecule has 9 N–H and O–H groups in total. The molecular formula is C18H24N4O9. The lowest BCUT2D eigenvalue weighted by Crippen LogP contribution is -2.54. The first-order chi connectivity index (χ1) is 14.5. The summed E-state index contributed by atoms with van der Waals surface area (Å²) in [5, 5.41) is 42.6. The molecule has 0 aliphatic rings. The van der Waals surface area contributed by atoms with E-state index < -0.39 is 67.4 Å². The van der Waals surface area contributed by atoms with E-state index in [-0.39, 0.29) is 12.2 Å².